The third-order valence-corrected chi connectivity index (χ3v) is 3.97. The Morgan fingerprint density at radius 2 is 2.00 bits per heavy atom. The SMILES string of the molecule is CC(C)[C@@H](C=O)NS(=O)(=O)c1ccccc1N=[N+]=[N-]. The molecule has 19 heavy (non-hydrogen) atoms. The molecule has 102 valence electrons. The number of aldehydes is 1. The molecule has 1 aromatic carbocycles. The molecule has 1 atom stereocenters. The second-order valence-corrected chi connectivity index (χ2v) is 5.87. The predicted octanol–water partition coefficient (Wildman–Crippen LogP) is 2.13. The van der Waals surface area contributed by atoms with Crippen molar-refractivity contribution in [2.45, 2.75) is 24.8 Å². The van der Waals surface area contributed by atoms with Crippen LogP contribution >= 0.6 is 0 Å². The summed E-state index contributed by atoms with van der Waals surface area (Å²) in [6, 6.07) is 4.94. The van der Waals surface area contributed by atoms with Crippen molar-refractivity contribution in [1.29, 1.82) is 0 Å². The molecule has 7 nitrogen and oxygen atoms in total. The monoisotopic (exact) mass is 282 g/mol. The summed E-state index contributed by atoms with van der Waals surface area (Å²) in [5, 5.41) is 3.32. The van der Waals surface area contributed by atoms with Crippen molar-refractivity contribution in [2.75, 3.05) is 0 Å². The van der Waals surface area contributed by atoms with E-state index in [0.717, 1.165) is 0 Å². The first-order valence-corrected chi connectivity index (χ1v) is 7.02. The molecular formula is C11H14N4O3S. The van der Waals surface area contributed by atoms with E-state index in [-0.39, 0.29) is 16.5 Å². The number of carbonyl (C=O) groups is 1. The highest BCUT2D eigenvalue weighted by Gasteiger charge is 2.23. The smallest absolute Gasteiger partial charge is 0.241 e. The number of nitrogens with one attached hydrogen (secondary N) is 1. The lowest BCUT2D eigenvalue weighted by molar-refractivity contribution is -0.110. The zero-order valence-corrected chi connectivity index (χ0v) is 11.3. The molecule has 0 aliphatic rings. The van der Waals surface area contributed by atoms with Crippen molar-refractivity contribution in [3.63, 3.8) is 0 Å². The van der Waals surface area contributed by atoms with Crippen molar-refractivity contribution in [3.05, 3.63) is 34.7 Å². The highest BCUT2D eigenvalue weighted by Crippen LogP contribution is 2.24. The minimum Gasteiger partial charge on any atom is -0.302 e. The summed E-state index contributed by atoms with van der Waals surface area (Å²) < 4.78 is 26.6. The quantitative estimate of drug-likeness (QED) is 0.373. The Bertz CT molecular complexity index is 606. The van der Waals surface area contributed by atoms with Gasteiger partial charge in [-0.1, -0.05) is 37.2 Å². The van der Waals surface area contributed by atoms with Crippen LogP contribution in [0, 0.1) is 5.92 Å². The lowest BCUT2D eigenvalue weighted by Crippen LogP contribution is -2.39. The van der Waals surface area contributed by atoms with Crippen LogP contribution < -0.4 is 4.72 Å². The van der Waals surface area contributed by atoms with Gasteiger partial charge in [-0.2, -0.15) is 0 Å². The Hall–Kier alpha value is -1.89. The van der Waals surface area contributed by atoms with E-state index in [1.54, 1.807) is 19.9 Å². The number of hydrogen-bond donors (Lipinski definition) is 1. The average molecular weight is 282 g/mol. The second kappa shape index (κ2) is 6.33. The van der Waals surface area contributed by atoms with Gasteiger partial charge in [-0.3, -0.25) is 0 Å². The van der Waals surface area contributed by atoms with Crippen LogP contribution in [-0.4, -0.2) is 20.7 Å². The lowest BCUT2D eigenvalue weighted by Gasteiger charge is -2.17. The zero-order valence-electron chi connectivity index (χ0n) is 10.5. The van der Waals surface area contributed by atoms with Crippen molar-refractivity contribution in [2.24, 2.45) is 11.0 Å². The van der Waals surface area contributed by atoms with Gasteiger partial charge in [-0.05, 0) is 17.5 Å². The molecule has 0 fully saturated rings. The van der Waals surface area contributed by atoms with Crippen molar-refractivity contribution >= 4 is 22.0 Å². The van der Waals surface area contributed by atoms with Gasteiger partial charge < -0.3 is 4.79 Å². The van der Waals surface area contributed by atoms with Gasteiger partial charge >= 0.3 is 0 Å². The highest BCUT2D eigenvalue weighted by molar-refractivity contribution is 7.89. The van der Waals surface area contributed by atoms with Gasteiger partial charge in [0.2, 0.25) is 10.0 Å². The summed E-state index contributed by atoms with van der Waals surface area (Å²) >= 11 is 0. The third kappa shape index (κ3) is 3.78. The first-order valence-electron chi connectivity index (χ1n) is 5.54. The molecule has 1 rings (SSSR count). The van der Waals surface area contributed by atoms with Crippen molar-refractivity contribution in [3.8, 4) is 0 Å². The van der Waals surface area contributed by atoms with E-state index >= 15 is 0 Å². The molecule has 0 heterocycles. The van der Waals surface area contributed by atoms with Crippen LogP contribution in [0.2, 0.25) is 0 Å². The Balaban J connectivity index is 3.20. The molecule has 0 radical (unpaired) electrons. The summed E-state index contributed by atoms with van der Waals surface area (Å²) in [6.07, 6.45) is 0.540. The van der Waals surface area contributed by atoms with Gasteiger partial charge in [-0.25, -0.2) is 13.1 Å². The van der Waals surface area contributed by atoms with Gasteiger partial charge in [0.05, 0.1) is 16.6 Å². The summed E-state index contributed by atoms with van der Waals surface area (Å²) in [5.74, 6) is -0.182. The van der Waals surface area contributed by atoms with Crippen LogP contribution in [0.5, 0.6) is 0 Å². The van der Waals surface area contributed by atoms with Gasteiger partial charge in [0.1, 0.15) is 6.29 Å². The van der Waals surface area contributed by atoms with Crippen molar-refractivity contribution < 1.29 is 13.2 Å². The van der Waals surface area contributed by atoms with E-state index in [9.17, 15) is 13.2 Å². The van der Waals surface area contributed by atoms with Gasteiger partial charge in [0.25, 0.3) is 0 Å². The minimum absolute atomic E-state index is 0.00842. The summed E-state index contributed by atoms with van der Waals surface area (Å²) in [7, 11) is -3.92. The molecule has 1 N–H and O–H groups in total. The zero-order chi connectivity index (χ0) is 14.5. The van der Waals surface area contributed by atoms with Crippen LogP contribution in [0.4, 0.5) is 5.69 Å². The van der Waals surface area contributed by atoms with Gasteiger partial charge in [0.15, 0.2) is 0 Å². The highest BCUT2D eigenvalue weighted by atomic mass is 32.2. The van der Waals surface area contributed by atoms with Crippen LogP contribution in [-0.2, 0) is 14.8 Å². The Labute approximate surface area is 111 Å². The molecule has 0 aliphatic heterocycles. The minimum atomic E-state index is -3.92. The fourth-order valence-corrected chi connectivity index (χ4v) is 2.83. The molecule has 0 bridgehead atoms. The fraction of sp³-hybridized carbons (Fsp3) is 0.364. The van der Waals surface area contributed by atoms with E-state index < -0.39 is 16.1 Å². The molecule has 0 unspecified atom stereocenters. The molecule has 0 saturated heterocycles. The summed E-state index contributed by atoms with van der Waals surface area (Å²) in [4.78, 5) is 13.3. The van der Waals surface area contributed by atoms with Crippen LogP contribution in [0.3, 0.4) is 0 Å². The number of rotatable bonds is 6. The van der Waals surface area contributed by atoms with Gasteiger partial charge in [0, 0.05) is 4.91 Å². The Morgan fingerprint density at radius 1 is 1.37 bits per heavy atom. The second-order valence-electron chi connectivity index (χ2n) is 4.18. The maximum Gasteiger partial charge on any atom is 0.241 e. The van der Waals surface area contributed by atoms with E-state index in [1.807, 2.05) is 0 Å². The summed E-state index contributed by atoms with van der Waals surface area (Å²) in [6.45, 7) is 3.45. The number of hydrogen-bond acceptors (Lipinski definition) is 4. The van der Waals surface area contributed by atoms with E-state index in [1.165, 1.54) is 18.2 Å². The maximum atomic E-state index is 12.1. The van der Waals surface area contributed by atoms with Gasteiger partial charge in [-0.15, -0.1) is 0 Å². The Morgan fingerprint density at radius 3 is 2.53 bits per heavy atom. The van der Waals surface area contributed by atoms with E-state index in [2.05, 4.69) is 14.7 Å². The summed E-state index contributed by atoms with van der Waals surface area (Å²) in [5.41, 5.74) is 8.40. The topological polar surface area (TPSA) is 112 Å². The fourth-order valence-electron chi connectivity index (χ4n) is 1.38. The molecule has 0 aromatic heterocycles. The average Bonchev–Trinajstić information content (AvgIpc) is 2.36. The normalized spacial score (nSPS) is 12.8. The van der Waals surface area contributed by atoms with Crippen molar-refractivity contribution in [1.82, 2.24) is 4.72 Å². The van der Waals surface area contributed by atoms with E-state index in [0.29, 0.717) is 6.29 Å². The molecule has 0 amide bonds. The number of azide groups is 1. The number of carbonyl (C=O) groups excluding carboxylic acids is 1. The van der Waals surface area contributed by atoms with Crippen LogP contribution in [0.1, 0.15) is 13.8 Å². The molecule has 8 heteroatoms. The lowest BCUT2D eigenvalue weighted by atomic mass is 10.1. The molecule has 0 saturated carbocycles. The van der Waals surface area contributed by atoms with Crippen LogP contribution in [0.25, 0.3) is 10.4 Å². The van der Waals surface area contributed by atoms with Crippen LogP contribution in [0.15, 0.2) is 34.3 Å². The maximum absolute atomic E-state index is 12.1. The first kappa shape index (κ1) is 15.2. The first-order chi connectivity index (χ1) is 8.92. The predicted molar refractivity (Wildman–Crippen MR) is 70.3 cm³/mol. The number of sulfonamides is 1. The number of nitrogens with zero attached hydrogens (tertiary/aromatic N) is 3. The standard InChI is InChI=1S/C11H14N4O3S/c1-8(2)10(7-16)14-19(17,18)11-6-4-3-5-9(11)13-15-12/h3-8,10,14H,1-2H3/t10-/m1/s1. The number of benzene rings is 1. The molecule has 0 spiro atoms. The molecular weight excluding hydrogens is 268 g/mol. The largest absolute Gasteiger partial charge is 0.302 e. The molecule has 1 aromatic rings. The van der Waals surface area contributed by atoms with E-state index in [4.69, 9.17) is 5.53 Å². The molecule has 0 aliphatic carbocycles. The Kier molecular flexibility index (Phi) is 5.05. The third-order valence-electron chi connectivity index (χ3n) is 2.46.